The fourth-order valence-corrected chi connectivity index (χ4v) is 2.67. The zero-order valence-electron chi connectivity index (χ0n) is 11.8. The van der Waals surface area contributed by atoms with Crippen LogP contribution in [0.2, 0.25) is 0 Å². The molecule has 1 atom stereocenters. The Hall–Kier alpha value is -1.72. The lowest BCUT2D eigenvalue weighted by Gasteiger charge is -2.23. The van der Waals surface area contributed by atoms with E-state index in [2.05, 4.69) is 22.2 Å². The minimum atomic E-state index is -0.892. The second-order valence-electron chi connectivity index (χ2n) is 4.88. The summed E-state index contributed by atoms with van der Waals surface area (Å²) >= 11 is 1.66. The molecule has 2 rings (SSSR count). The molecule has 1 aromatic heterocycles. The van der Waals surface area contributed by atoms with Crippen LogP contribution in [-0.2, 0) is 6.54 Å². The number of carbonyl (C=O) groups is 1. The molecule has 1 aromatic carbocycles. The summed E-state index contributed by atoms with van der Waals surface area (Å²) in [5.41, 5.74) is 2.49. The predicted molar refractivity (Wildman–Crippen MR) is 80.1 cm³/mol. The topological polar surface area (TPSA) is 53.4 Å². The van der Waals surface area contributed by atoms with Crippen molar-refractivity contribution in [2.45, 2.75) is 26.4 Å². The third kappa shape index (κ3) is 3.43. The Balaban J connectivity index is 2.03. The maximum Gasteiger partial charge on any atom is 0.335 e. The van der Waals surface area contributed by atoms with Gasteiger partial charge in [-0.1, -0.05) is 12.1 Å². The summed E-state index contributed by atoms with van der Waals surface area (Å²) in [6.45, 7) is 4.89. The molecule has 1 heterocycles. The third-order valence-electron chi connectivity index (χ3n) is 3.36. The minimum Gasteiger partial charge on any atom is -0.478 e. The van der Waals surface area contributed by atoms with Gasteiger partial charge in [-0.15, -0.1) is 11.3 Å². The number of nitrogens with zero attached hydrogens (tertiary/aromatic N) is 2. The second-order valence-corrected chi connectivity index (χ2v) is 5.95. The van der Waals surface area contributed by atoms with Crippen LogP contribution in [0.25, 0.3) is 0 Å². The molecular formula is C15H18N2O2S. The van der Waals surface area contributed by atoms with Gasteiger partial charge in [0.25, 0.3) is 0 Å². The molecule has 2 aromatic rings. The predicted octanol–water partition coefficient (Wildman–Crippen LogP) is 3.34. The SMILES string of the molecule is Cc1nc(C(C)N(C)Cc2ccc(C(=O)O)cc2)cs1. The average Bonchev–Trinajstić information content (AvgIpc) is 2.85. The summed E-state index contributed by atoms with van der Waals surface area (Å²) in [5.74, 6) is -0.892. The molecule has 0 radical (unpaired) electrons. The largest absolute Gasteiger partial charge is 0.478 e. The lowest BCUT2D eigenvalue weighted by Crippen LogP contribution is -2.22. The van der Waals surface area contributed by atoms with Crippen molar-refractivity contribution in [2.75, 3.05) is 7.05 Å². The minimum absolute atomic E-state index is 0.235. The standard InChI is InChI=1S/C15H18N2O2S/c1-10(14-9-20-11(2)16-14)17(3)8-12-4-6-13(7-5-12)15(18)19/h4-7,9-10H,8H2,1-3H3,(H,18,19). The number of benzene rings is 1. The highest BCUT2D eigenvalue weighted by Gasteiger charge is 2.14. The van der Waals surface area contributed by atoms with Crippen LogP contribution in [-0.4, -0.2) is 28.0 Å². The summed E-state index contributed by atoms with van der Waals surface area (Å²) in [4.78, 5) is 17.5. The van der Waals surface area contributed by atoms with Crippen molar-refractivity contribution < 1.29 is 9.90 Å². The van der Waals surface area contributed by atoms with Gasteiger partial charge < -0.3 is 5.11 Å². The van der Waals surface area contributed by atoms with E-state index in [1.54, 1.807) is 23.5 Å². The van der Waals surface area contributed by atoms with Crippen LogP contribution in [0.4, 0.5) is 0 Å². The molecular weight excluding hydrogens is 272 g/mol. The van der Waals surface area contributed by atoms with Gasteiger partial charge in [-0.3, -0.25) is 4.90 Å². The van der Waals surface area contributed by atoms with Crippen LogP contribution in [0.1, 0.15) is 39.6 Å². The maximum absolute atomic E-state index is 10.8. The van der Waals surface area contributed by atoms with Crippen LogP contribution < -0.4 is 0 Å². The van der Waals surface area contributed by atoms with Crippen molar-refractivity contribution in [1.82, 2.24) is 9.88 Å². The summed E-state index contributed by atoms with van der Waals surface area (Å²) in [5, 5.41) is 12.0. The first-order valence-electron chi connectivity index (χ1n) is 6.42. The molecule has 0 fully saturated rings. The van der Waals surface area contributed by atoms with Crippen molar-refractivity contribution in [1.29, 1.82) is 0 Å². The van der Waals surface area contributed by atoms with Crippen LogP contribution >= 0.6 is 11.3 Å². The van der Waals surface area contributed by atoms with Crippen molar-refractivity contribution in [3.05, 3.63) is 51.5 Å². The molecule has 20 heavy (non-hydrogen) atoms. The van der Waals surface area contributed by atoms with E-state index >= 15 is 0 Å². The molecule has 0 aliphatic heterocycles. The van der Waals surface area contributed by atoms with E-state index in [-0.39, 0.29) is 6.04 Å². The Morgan fingerprint density at radius 1 is 1.40 bits per heavy atom. The molecule has 1 N–H and O–H groups in total. The van der Waals surface area contributed by atoms with Gasteiger partial charge in [0.15, 0.2) is 0 Å². The monoisotopic (exact) mass is 290 g/mol. The fourth-order valence-electron chi connectivity index (χ4n) is 1.98. The molecule has 1 unspecified atom stereocenters. The highest BCUT2D eigenvalue weighted by atomic mass is 32.1. The van der Waals surface area contributed by atoms with Gasteiger partial charge in [-0.2, -0.15) is 0 Å². The van der Waals surface area contributed by atoms with E-state index < -0.39 is 5.97 Å². The van der Waals surface area contributed by atoms with Crippen molar-refractivity contribution >= 4 is 17.3 Å². The van der Waals surface area contributed by atoms with E-state index in [1.165, 1.54) is 0 Å². The van der Waals surface area contributed by atoms with Gasteiger partial charge in [-0.25, -0.2) is 9.78 Å². The molecule has 106 valence electrons. The Morgan fingerprint density at radius 3 is 2.55 bits per heavy atom. The zero-order chi connectivity index (χ0) is 14.7. The van der Waals surface area contributed by atoms with E-state index in [1.807, 2.05) is 26.1 Å². The fraction of sp³-hybridized carbons (Fsp3) is 0.333. The van der Waals surface area contributed by atoms with E-state index in [0.29, 0.717) is 5.56 Å². The van der Waals surface area contributed by atoms with Gasteiger partial charge in [0.2, 0.25) is 0 Å². The van der Waals surface area contributed by atoms with Gasteiger partial charge in [-0.05, 0) is 38.6 Å². The normalized spacial score (nSPS) is 12.6. The molecule has 0 saturated carbocycles. The first-order valence-corrected chi connectivity index (χ1v) is 7.30. The number of aromatic nitrogens is 1. The number of thiazole rings is 1. The van der Waals surface area contributed by atoms with E-state index in [4.69, 9.17) is 5.11 Å². The van der Waals surface area contributed by atoms with Gasteiger partial charge in [0.05, 0.1) is 22.3 Å². The van der Waals surface area contributed by atoms with Crippen LogP contribution in [0.5, 0.6) is 0 Å². The molecule has 0 bridgehead atoms. The quantitative estimate of drug-likeness (QED) is 0.917. The summed E-state index contributed by atoms with van der Waals surface area (Å²) < 4.78 is 0. The maximum atomic E-state index is 10.8. The third-order valence-corrected chi connectivity index (χ3v) is 4.15. The number of rotatable bonds is 5. The van der Waals surface area contributed by atoms with Crippen molar-refractivity contribution in [2.24, 2.45) is 0 Å². The molecule has 0 aliphatic rings. The van der Waals surface area contributed by atoms with Gasteiger partial charge in [0, 0.05) is 11.9 Å². The van der Waals surface area contributed by atoms with E-state index in [0.717, 1.165) is 22.8 Å². The lowest BCUT2D eigenvalue weighted by atomic mass is 10.1. The zero-order valence-corrected chi connectivity index (χ0v) is 12.6. The molecule has 4 nitrogen and oxygen atoms in total. The first kappa shape index (κ1) is 14.7. The van der Waals surface area contributed by atoms with E-state index in [9.17, 15) is 4.79 Å². The first-order chi connectivity index (χ1) is 9.47. The number of hydrogen-bond acceptors (Lipinski definition) is 4. The Bertz CT molecular complexity index is 592. The number of carboxylic acids is 1. The summed E-state index contributed by atoms with van der Waals surface area (Å²) in [6.07, 6.45) is 0. The smallest absolute Gasteiger partial charge is 0.335 e. The highest BCUT2D eigenvalue weighted by Crippen LogP contribution is 2.22. The molecule has 0 aliphatic carbocycles. The number of aryl methyl sites for hydroxylation is 1. The Kier molecular flexibility index (Phi) is 4.52. The number of carboxylic acid groups (broad SMARTS) is 1. The molecule has 0 spiro atoms. The van der Waals surface area contributed by atoms with Crippen molar-refractivity contribution in [3.8, 4) is 0 Å². The highest BCUT2D eigenvalue weighted by molar-refractivity contribution is 7.09. The average molecular weight is 290 g/mol. The molecule has 0 amide bonds. The number of aromatic carboxylic acids is 1. The Morgan fingerprint density at radius 2 is 2.05 bits per heavy atom. The van der Waals surface area contributed by atoms with Crippen molar-refractivity contribution in [3.63, 3.8) is 0 Å². The lowest BCUT2D eigenvalue weighted by molar-refractivity contribution is 0.0697. The summed E-state index contributed by atoms with van der Waals surface area (Å²) in [6, 6.07) is 7.24. The molecule has 0 saturated heterocycles. The van der Waals surface area contributed by atoms with Gasteiger partial charge in [0.1, 0.15) is 0 Å². The molecule has 5 heteroatoms. The van der Waals surface area contributed by atoms with Gasteiger partial charge >= 0.3 is 5.97 Å². The second kappa shape index (κ2) is 6.15. The van der Waals surface area contributed by atoms with Crippen LogP contribution in [0, 0.1) is 6.92 Å². The van der Waals surface area contributed by atoms with Crippen LogP contribution in [0.3, 0.4) is 0 Å². The Labute approximate surface area is 122 Å². The van der Waals surface area contributed by atoms with Crippen LogP contribution in [0.15, 0.2) is 29.6 Å². The summed E-state index contributed by atoms with van der Waals surface area (Å²) in [7, 11) is 2.05. The number of hydrogen-bond donors (Lipinski definition) is 1.